The highest BCUT2D eigenvalue weighted by Gasteiger charge is 2.49. The highest BCUT2D eigenvalue weighted by molar-refractivity contribution is 7.89. The molecule has 0 saturated carbocycles. The van der Waals surface area contributed by atoms with Gasteiger partial charge in [0.1, 0.15) is 5.54 Å². The first-order chi connectivity index (χ1) is 13.1. The predicted molar refractivity (Wildman–Crippen MR) is 100 cm³/mol. The van der Waals surface area contributed by atoms with Crippen LogP contribution in [-0.2, 0) is 26.0 Å². The van der Waals surface area contributed by atoms with Crippen molar-refractivity contribution >= 4 is 33.6 Å². The fraction of sp³-hybridized carbons (Fsp3) is 0.500. The minimum Gasteiger partial charge on any atom is -0.323 e. The van der Waals surface area contributed by atoms with E-state index in [1.165, 1.54) is 17.3 Å². The zero-order valence-corrected chi connectivity index (χ0v) is 16.5. The lowest BCUT2D eigenvalue weighted by Crippen LogP contribution is -2.55. The Morgan fingerprint density at radius 2 is 1.89 bits per heavy atom. The Hall–Kier alpha value is -2.46. The fourth-order valence-corrected chi connectivity index (χ4v) is 5.88. The van der Waals surface area contributed by atoms with Crippen LogP contribution in [0.2, 0.25) is 0 Å². The largest absolute Gasteiger partial charge is 0.323 e. The summed E-state index contributed by atoms with van der Waals surface area (Å²) in [6, 6.07) is 4.30. The van der Waals surface area contributed by atoms with Gasteiger partial charge in [0, 0.05) is 31.7 Å². The van der Waals surface area contributed by atoms with E-state index in [9.17, 15) is 22.8 Å². The van der Waals surface area contributed by atoms with Crippen molar-refractivity contribution < 1.29 is 22.8 Å². The van der Waals surface area contributed by atoms with Crippen LogP contribution in [0.5, 0.6) is 0 Å². The van der Waals surface area contributed by atoms with Crippen LogP contribution in [0.4, 0.5) is 10.5 Å². The summed E-state index contributed by atoms with van der Waals surface area (Å²) in [6.07, 6.45) is 1.06. The number of anilines is 1. The van der Waals surface area contributed by atoms with Gasteiger partial charge in [-0.25, -0.2) is 13.2 Å². The minimum absolute atomic E-state index is 0.00945. The Balaban J connectivity index is 1.56. The average Bonchev–Trinajstić information content (AvgIpc) is 3.09. The van der Waals surface area contributed by atoms with Crippen molar-refractivity contribution in [2.45, 2.75) is 49.6 Å². The quantitative estimate of drug-likeness (QED) is 0.688. The van der Waals surface area contributed by atoms with Crippen molar-refractivity contribution in [1.82, 2.24) is 14.9 Å². The number of carbonyl (C=O) groups is 3. The molecular weight excluding hydrogens is 384 g/mol. The Morgan fingerprint density at radius 1 is 1.21 bits per heavy atom. The summed E-state index contributed by atoms with van der Waals surface area (Å²) in [5.74, 6) is -0.467. The van der Waals surface area contributed by atoms with E-state index in [0.29, 0.717) is 6.42 Å². The van der Waals surface area contributed by atoms with Gasteiger partial charge in [-0.15, -0.1) is 0 Å². The van der Waals surface area contributed by atoms with Gasteiger partial charge in [0.15, 0.2) is 0 Å². The van der Waals surface area contributed by atoms with Gasteiger partial charge in [0.05, 0.1) is 4.90 Å². The molecule has 3 aliphatic rings. The number of benzene rings is 1. The molecule has 10 heteroatoms. The van der Waals surface area contributed by atoms with Gasteiger partial charge in [0.2, 0.25) is 15.9 Å². The van der Waals surface area contributed by atoms with E-state index >= 15 is 0 Å². The average molecular weight is 406 g/mol. The highest BCUT2D eigenvalue weighted by atomic mass is 32.2. The summed E-state index contributed by atoms with van der Waals surface area (Å²) >= 11 is 0. The molecule has 1 spiro atoms. The third-order valence-corrected chi connectivity index (χ3v) is 7.73. The number of nitrogens with zero attached hydrogens (tertiary/aromatic N) is 2. The topological polar surface area (TPSA) is 116 Å². The van der Waals surface area contributed by atoms with Crippen LogP contribution in [0.25, 0.3) is 0 Å². The molecule has 3 aliphatic heterocycles. The number of carbonyl (C=O) groups excluding carboxylic acids is 3. The summed E-state index contributed by atoms with van der Waals surface area (Å²) in [5, 5.41) is 4.85. The first kappa shape index (κ1) is 18.9. The molecule has 4 rings (SSSR count). The summed E-state index contributed by atoms with van der Waals surface area (Å²) in [4.78, 5) is 37.2. The maximum atomic E-state index is 13.1. The number of hydrogen-bond donors (Lipinski definition) is 2. The van der Waals surface area contributed by atoms with E-state index in [1.54, 1.807) is 17.0 Å². The summed E-state index contributed by atoms with van der Waals surface area (Å²) < 4.78 is 27.5. The molecule has 150 valence electrons. The van der Waals surface area contributed by atoms with Crippen LogP contribution in [0.3, 0.4) is 0 Å². The van der Waals surface area contributed by atoms with Gasteiger partial charge in [-0.3, -0.25) is 14.9 Å². The molecule has 2 N–H and O–H groups in total. The smallest absolute Gasteiger partial charge is 0.322 e. The number of urea groups is 1. The summed E-state index contributed by atoms with van der Waals surface area (Å²) in [6.45, 7) is 3.71. The highest BCUT2D eigenvalue weighted by Crippen LogP contribution is 2.35. The van der Waals surface area contributed by atoms with Gasteiger partial charge < -0.3 is 10.2 Å². The van der Waals surface area contributed by atoms with E-state index in [0.717, 1.165) is 11.3 Å². The third kappa shape index (κ3) is 2.78. The van der Waals surface area contributed by atoms with Crippen molar-refractivity contribution in [2.24, 2.45) is 0 Å². The SMILES string of the molecule is CC(=O)N1c2ccc(S(=O)(=O)N3CCC4(CC3)NC(=O)NC4=O)cc2CC1C. The van der Waals surface area contributed by atoms with Crippen molar-refractivity contribution in [1.29, 1.82) is 0 Å². The van der Waals surface area contributed by atoms with E-state index in [2.05, 4.69) is 10.6 Å². The normalized spacial score (nSPS) is 24.2. The van der Waals surface area contributed by atoms with Crippen LogP contribution in [0.1, 0.15) is 32.3 Å². The van der Waals surface area contributed by atoms with Gasteiger partial charge in [-0.2, -0.15) is 4.31 Å². The molecule has 1 atom stereocenters. The first-order valence-electron chi connectivity index (χ1n) is 9.20. The lowest BCUT2D eigenvalue weighted by atomic mass is 9.89. The molecule has 0 radical (unpaired) electrons. The number of amides is 4. The number of rotatable bonds is 2. The molecule has 4 amide bonds. The molecule has 1 aromatic rings. The Kier molecular flexibility index (Phi) is 4.23. The molecule has 0 aliphatic carbocycles. The second-order valence-electron chi connectivity index (χ2n) is 7.63. The molecule has 9 nitrogen and oxygen atoms in total. The maximum absolute atomic E-state index is 13.1. The van der Waals surface area contributed by atoms with Crippen molar-refractivity contribution in [2.75, 3.05) is 18.0 Å². The van der Waals surface area contributed by atoms with E-state index in [-0.39, 0.29) is 42.8 Å². The maximum Gasteiger partial charge on any atom is 0.322 e. The van der Waals surface area contributed by atoms with Crippen LogP contribution in [0.15, 0.2) is 23.1 Å². The standard InChI is InChI=1S/C18H22N4O5S/c1-11-9-13-10-14(3-4-15(13)22(11)12(2)23)28(26,27)21-7-5-18(6-8-21)16(24)19-17(25)20-18/h3-4,10-11H,5-9H2,1-2H3,(H2,19,20,24,25). The molecule has 2 saturated heterocycles. The van der Waals surface area contributed by atoms with Crippen molar-refractivity contribution in [3.63, 3.8) is 0 Å². The van der Waals surface area contributed by atoms with E-state index < -0.39 is 27.5 Å². The van der Waals surface area contributed by atoms with Crippen LogP contribution in [0, 0.1) is 0 Å². The third-order valence-electron chi connectivity index (χ3n) is 5.83. The van der Waals surface area contributed by atoms with Crippen LogP contribution < -0.4 is 15.5 Å². The molecular formula is C18H22N4O5S. The van der Waals surface area contributed by atoms with Gasteiger partial charge >= 0.3 is 6.03 Å². The summed E-state index contributed by atoms with van der Waals surface area (Å²) in [5.41, 5.74) is 0.569. The zero-order valence-electron chi connectivity index (χ0n) is 15.7. The number of fused-ring (bicyclic) bond motifs is 1. The summed E-state index contributed by atoms with van der Waals surface area (Å²) in [7, 11) is -3.73. The zero-order chi connectivity index (χ0) is 20.3. The Bertz CT molecular complexity index is 982. The Labute approximate surface area is 163 Å². The number of imide groups is 1. The van der Waals surface area contributed by atoms with E-state index in [1.807, 2.05) is 6.92 Å². The van der Waals surface area contributed by atoms with E-state index in [4.69, 9.17) is 0 Å². The van der Waals surface area contributed by atoms with Crippen molar-refractivity contribution in [3.05, 3.63) is 23.8 Å². The van der Waals surface area contributed by atoms with Crippen LogP contribution >= 0.6 is 0 Å². The van der Waals surface area contributed by atoms with Gasteiger partial charge in [-0.05, 0) is 49.9 Å². The number of nitrogens with one attached hydrogen (secondary N) is 2. The molecule has 1 unspecified atom stereocenters. The lowest BCUT2D eigenvalue weighted by Gasteiger charge is -2.36. The molecule has 1 aromatic carbocycles. The molecule has 3 heterocycles. The number of piperidine rings is 1. The second kappa shape index (κ2) is 6.28. The van der Waals surface area contributed by atoms with Crippen LogP contribution in [-0.4, -0.2) is 55.2 Å². The lowest BCUT2D eigenvalue weighted by molar-refractivity contribution is -0.125. The molecule has 0 aromatic heterocycles. The van der Waals surface area contributed by atoms with Gasteiger partial charge in [-0.1, -0.05) is 0 Å². The predicted octanol–water partition coefficient (Wildman–Crippen LogP) is 0.347. The second-order valence-corrected chi connectivity index (χ2v) is 9.57. The number of sulfonamides is 1. The monoisotopic (exact) mass is 406 g/mol. The number of hydrogen-bond acceptors (Lipinski definition) is 5. The minimum atomic E-state index is -3.73. The van der Waals surface area contributed by atoms with Crippen molar-refractivity contribution in [3.8, 4) is 0 Å². The first-order valence-corrected chi connectivity index (χ1v) is 10.6. The van der Waals surface area contributed by atoms with Gasteiger partial charge in [0.25, 0.3) is 5.91 Å². The Morgan fingerprint density at radius 3 is 2.46 bits per heavy atom. The molecule has 2 fully saturated rings. The fourth-order valence-electron chi connectivity index (χ4n) is 4.39. The molecule has 0 bridgehead atoms. The molecule has 28 heavy (non-hydrogen) atoms.